The van der Waals surface area contributed by atoms with Gasteiger partial charge in [0, 0.05) is 23.6 Å². The van der Waals surface area contributed by atoms with Gasteiger partial charge in [-0.05, 0) is 48.1 Å². The van der Waals surface area contributed by atoms with Crippen LogP contribution in [0.3, 0.4) is 0 Å². The highest BCUT2D eigenvalue weighted by molar-refractivity contribution is 5.99. The van der Waals surface area contributed by atoms with E-state index in [-0.39, 0.29) is 29.2 Å². The molecule has 1 heterocycles. The lowest BCUT2D eigenvalue weighted by atomic mass is 9.86. The van der Waals surface area contributed by atoms with E-state index in [9.17, 15) is 9.59 Å². The number of aromatic nitrogens is 2. The Morgan fingerprint density at radius 1 is 0.946 bits per heavy atom. The van der Waals surface area contributed by atoms with Gasteiger partial charge in [-0.15, -0.1) is 0 Å². The van der Waals surface area contributed by atoms with Crippen molar-refractivity contribution in [2.45, 2.75) is 79.1 Å². The van der Waals surface area contributed by atoms with Crippen molar-refractivity contribution in [2.75, 3.05) is 18.4 Å². The van der Waals surface area contributed by atoms with E-state index in [1.165, 1.54) is 5.56 Å². The summed E-state index contributed by atoms with van der Waals surface area (Å²) in [6, 6.07) is 17.6. The number of aryl methyl sites for hydroxylation is 1. The third-order valence-electron chi connectivity index (χ3n) is 6.49. The van der Waals surface area contributed by atoms with Crippen LogP contribution in [0, 0.1) is 6.92 Å². The summed E-state index contributed by atoms with van der Waals surface area (Å²) in [5.74, 6) is 0.222. The maximum atomic E-state index is 13.4. The van der Waals surface area contributed by atoms with E-state index in [4.69, 9.17) is 5.10 Å². The Hall–Kier alpha value is -3.41. The number of anilines is 1. The van der Waals surface area contributed by atoms with E-state index < -0.39 is 0 Å². The third-order valence-corrected chi connectivity index (χ3v) is 6.49. The number of nitrogens with one attached hydrogen (secondary N) is 1. The first-order valence-corrected chi connectivity index (χ1v) is 13.2. The number of carbonyl (C=O) groups excluding carboxylic acids is 2. The second kappa shape index (κ2) is 11.3. The van der Waals surface area contributed by atoms with Crippen LogP contribution in [0.1, 0.15) is 88.5 Å². The summed E-state index contributed by atoms with van der Waals surface area (Å²) in [6.07, 6.45) is 1.76. The molecule has 6 heteroatoms. The molecule has 0 saturated heterocycles. The lowest BCUT2D eigenvalue weighted by Crippen LogP contribution is -2.39. The zero-order valence-corrected chi connectivity index (χ0v) is 23.7. The molecule has 37 heavy (non-hydrogen) atoms. The number of unbranched alkanes of at least 4 members (excludes halogenated alkanes) is 1. The van der Waals surface area contributed by atoms with Crippen molar-refractivity contribution in [1.29, 1.82) is 0 Å². The van der Waals surface area contributed by atoms with Gasteiger partial charge in [-0.25, -0.2) is 4.68 Å². The molecule has 2 amide bonds. The van der Waals surface area contributed by atoms with Gasteiger partial charge in [0.05, 0.1) is 11.4 Å². The standard InChI is InChI=1S/C31H42N4O2/c1-9-10-19-34(29(37)23-15-17-24(18-16-23)30(3,4)5)21-28(36)32-27-20-26(31(6,7)8)33-35(27)25-14-12-11-13-22(25)2/h11-18,20H,9-10,19,21H2,1-8H3,(H,32,36). The van der Waals surface area contributed by atoms with E-state index in [1.807, 2.05) is 61.5 Å². The number of amides is 2. The predicted octanol–water partition coefficient (Wildman–Crippen LogP) is 6.66. The van der Waals surface area contributed by atoms with Crippen LogP contribution < -0.4 is 5.32 Å². The van der Waals surface area contributed by atoms with Crippen LogP contribution in [0.5, 0.6) is 0 Å². The first-order valence-electron chi connectivity index (χ1n) is 13.2. The largest absolute Gasteiger partial charge is 0.329 e. The number of carbonyl (C=O) groups is 2. The number of rotatable bonds is 8. The molecule has 0 radical (unpaired) electrons. The smallest absolute Gasteiger partial charge is 0.254 e. The average molecular weight is 503 g/mol. The molecule has 1 aromatic heterocycles. The van der Waals surface area contributed by atoms with Crippen molar-refractivity contribution < 1.29 is 9.59 Å². The lowest BCUT2D eigenvalue weighted by Gasteiger charge is -2.23. The maximum Gasteiger partial charge on any atom is 0.254 e. The summed E-state index contributed by atoms with van der Waals surface area (Å²) in [4.78, 5) is 28.3. The minimum absolute atomic E-state index is 0.00925. The molecule has 3 rings (SSSR count). The normalized spacial score (nSPS) is 11.9. The minimum Gasteiger partial charge on any atom is -0.329 e. The number of nitrogens with zero attached hydrogens (tertiary/aromatic N) is 3. The van der Waals surface area contributed by atoms with Crippen LogP contribution in [0.4, 0.5) is 5.82 Å². The molecule has 3 aromatic rings. The fourth-order valence-electron chi connectivity index (χ4n) is 4.07. The van der Waals surface area contributed by atoms with Gasteiger partial charge in [-0.3, -0.25) is 9.59 Å². The summed E-state index contributed by atoms with van der Waals surface area (Å²) in [6.45, 7) is 17.3. The molecule has 0 unspecified atom stereocenters. The number of para-hydroxylation sites is 1. The summed E-state index contributed by atoms with van der Waals surface area (Å²) in [5.41, 5.74) is 4.43. The molecule has 198 valence electrons. The van der Waals surface area contributed by atoms with Gasteiger partial charge in [0.25, 0.3) is 5.91 Å². The highest BCUT2D eigenvalue weighted by Gasteiger charge is 2.24. The van der Waals surface area contributed by atoms with Crippen LogP contribution in [0.25, 0.3) is 5.69 Å². The molecular weight excluding hydrogens is 460 g/mol. The number of benzene rings is 2. The topological polar surface area (TPSA) is 67.2 Å². The molecular formula is C31H42N4O2. The molecule has 6 nitrogen and oxygen atoms in total. The Balaban J connectivity index is 1.85. The Kier molecular flexibility index (Phi) is 8.62. The molecule has 0 bridgehead atoms. The Morgan fingerprint density at radius 2 is 1.59 bits per heavy atom. The second-order valence-corrected chi connectivity index (χ2v) is 11.8. The first kappa shape index (κ1) is 28.2. The SMILES string of the molecule is CCCCN(CC(=O)Nc1cc(C(C)(C)C)nn1-c1ccccc1C)C(=O)c1ccc(C(C)(C)C)cc1. The molecule has 0 spiro atoms. The van der Waals surface area contributed by atoms with Gasteiger partial charge in [-0.1, -0.05) is 85.2 Å². The number of hydrogen-bond acceptors (Lipinski definition) is 3. The average Bonchev–Trinajstić information content (AvgIpc) is 3.25. The molecule has 0 aliphatic carbocycles. The Bertz CT molecular complexity index is 1230. The van der Waals surface area contributed by atoms with Crippen LogP contribution in [-0.2, 0) is 15.6 Å². The Labute approximate surface area is 222 Å². The van der Waals surface area contributed by atoms with E-state index in [2.05, 4.69) is 53.8 Å². The van der Waals surface area contributed by atoms with Gasteiger partial charge in [0.2, 0.25) is 5.91 Å². The van der Waals surface area contributed by atoms with Crippen molar-refractivity contribution in [3.05, 3.63) is 77.0 Å². The van der Waals surface area contributed by atoms with Crippen molar-refractivity contribution in [3.63, 3.8) is 0 Å². The zero-order chi connectivity index (χ0) is 27.4. The summed E-state index contributed by atoms with van der Waals surface area (Å²) in [5, 5.41) is 7.87. The molecule has 0 aliphatic heterocycles. The predicted molar refractivity (Wildman–Crippen MR) is 152 cm³/mol. The monoisotopic (exact) mass is 502 g/mol. The molecule has 0 atom stereocenters. The second-order valence-electron chi connectivity index (χ2n) is 11.8. The summed E-state index contributed by atoms with van der Waals surface area (Å²) >= 11 is 0. The summed E-state index contributed by atoms with van der Waals surface area (Å²) < 4.78 is 1.79. The van der Waals surface area contributed by atoms with Gasteiger partial charge in [-0.2, -0.15) is 5.10 Å². The molecule has 0 aliphatic rings. The fraction of sp³-hybridized carbons (Fsp3) is 0.452. The highest BCUT2D eigenvalue weighted by Crippen LogP contribution is 2.27. The van der Waals surface area contributed by atoms with Crippen LogP contribution in [0.2, 0.25) is 0 Å². The lowest BCUT2D eigenvalue weighted by molar-refractivity contribution is -0.117. The zero-order valence-electron chi connectivity index (χ0n) is 23.7. The molecule has 2 aromatic carbocycles. The molecule has 0 saturated carbocycles. The van der Waals surface area contributed by atoms with Crippen molar-refractivity contribution in [1.82, 2.24) is 14.7 Å². The van der Waals surface area contributed by atoms with Crippen molar-refractivity contribution in [2.24, 2.45) is 0 Å². The van der Waals surface area contributed by atoms with Crippen molar-refractivity contribution >= 4 is 17.6 Å². The Morgan fingerprint density at radius 3 is 2.16 bits per heavy atom. The van der Waals surface area contributed by atoms with Crippen LogP contribution in [-0.4, -0.2) is 39.6 Å². The highest BCUT2D eigenvalue weighted by atomic mass is 16.2. The van der Waals surface area contributed by atoms with Gasteiger partial charge < -0.3 is 10.2 Å². The van der Waals surface area contributed by atoms with Crippen LogP contribution in [0.15, 0.2) is 54.6 Å². The van der Waals surface area contributed by atoms with Gasteiger partial charge in [0.15, 0.2) is 0 Å². The third kappa shape index (κ3) is 7.09. The number of hydrogen-bond donors (Lipinski definition) is 1. The molecule has 0 fully saturated rings. The van der Waals surface area contributed by atoms with E-state index in [0.29, 0.717) is 17.9 Å². The molecule has 1 N–H and O–H groups in total. The van der Waals surface area contributed by atoms with E-state index in [0.717, 1.165) is 29.8 Å². The maximum absolute atomic E-state index is 13.4. The van der Waals surface area contributed by atoms with Gasteiger partial charge >= 0.3 is 0 Å². The van der Waals surface area contributed by atoms with Crippen molar-refractivity contribution in [3.8, 4) is 5.69 Å². The summed E-state index contributed by atoms with van der Waals surface area (Å²) in [7, 11) is 0. The quantitative estimate of drug-likeness (QED) is 0.375. The van der Waals surface area contributed by atoms with Crippen LogP contribution >= 0.6 is 0 Å². The van der Waals surface area contributed by atoms with Gasteiger partial charge in [0.1, 0.15) is 12.4 Å². The fourth-order valence-corrected chi connectivity index (χ4v) is 4.07. The van der Waals surface area contributed by atoms with E-state index in [1.54, 1.807) is 9.58 Å². The first-order chi connectivity index (χ1) is 17.3. The van der Waals surface area contributed by atoms with E-state index >= 15 is 0 Å². The minimum atomic E-state index is -0.244.